The van der Waals surface area contributed by atoms with Gasteiger partial charge in [0.1, 0.15) is 11.9 Å². The molecule has 0 atom stereocenters. The fourth-order valence-corrected chi connectivity index (χ4v) is 2.51. The van der Waals surface area contributed by atoms with Crippen molar-refractivity contribution in [3.05, 3.63) is 58.3 Å². The Morgan fingerprint density at radius 3 is 2.68 bits per heavy atom. The monoisotopic (exact) mass is 346 g/mol. The maximum absolute atomic E-state index is 13.4. The minimum Gasteiger partial charge on any atom is -0.486 e. The number of aromatic nitrogens is 1. The first-order chi connectivity index (χ1) is 11.9. The zero-order chi connectivity index (χ0) is 18.0. The summed E-state index contributed by atoms with van der Waals surface area (Å²) in [5.74, 6) is -0.176. The molecule has 1 aliphatic rings. The lowest BCUT2D eigenvalue weighted by atomic mass is 10.1. The number of para-hydroxylation sites is 1. The van der Waals surface area contributed by atoms with Crippen molar-refractivity contribution < 1.29 is 18.7 Å². The van der Waals surface area contributed by atoms with Gasteiger partial charge >= 0.3 is 0 Å². The number of benzene rings is 1. The van der Waals surface area contributed by atoms with Crippen LogP contribution in [0.1, 0.15) is 5.69 Å². The lowest BCUT2D eigenvalue weighted by molar-refractivity contribution is -0.142. The molecule has 0 saturated carbocycles. The van der Waals surface area contributed by atoms with Gasteiger partial charge in [-0.3, -0.25) is 9.59 Å². The molecule has 2 heterocycles. The summed E-state index contributed by atoms with van der Waals surface area (Å²) >= 11 is 0. The molecule has 3 rings (SSSR count). The Hall–Kier alpha value is -2.83. The molecule has 0 N–H and O–H groups in total. The zero-order valence-electron chi connectivity index (χ0n) is 14.1. The van der Waals surface area contributed by atoms with E-state index in [0.29, 0.717) is 18.8 Å². The average Bonchev–Trinajstić information content (AvgIpc) is 2.54. The molecule has 1 aromatic carbocycles. The quantitative estimate of drug-likeness (QED) is 0.823. The van der Waals surface area contributed by atoms with E-state index in [1.54, 1.807) is 30.1 Å². The Balaban J connectivity index is 1.48. The van der Waals surface area contributed by atoms with Crippen molar-refractivity contribution in [1.29, 1.82) is 0 Å². The molecule has 0 spiro atoms. The first-order valence-electron chi connectivity index (χ1n) is 7.93. The predicted octanol–water partition coefficient (Wildman–Crippen LogP) is 1.50. The number of ether oxygens (including phenoxy) is 2. The Morgan fingerprint density at radius 1 is 1.28 bits per heavy atom. The lowest BCUT2D eigenvalue weighted by Crippen LogP contribution is -2.57. The molecule has 1 saturated heterocycles. The molecule has 0 bridgehead atoms. The number of nitrogens with zero attached hydrogens (tertiary/aromatic N) is 2. The van der Waals surface area contributed by atoms with E-state index in [4.69, 9.17) is 9.47 Å². The summed E-state index contributed by atoms with van der Waals surface area (Å²) in [6.07, 6.45) is -0.163. The zero-order valence-corrected chi connectivity index (χ0v) is 14.1. The number of hydrogen-bond donors (Lipinski definition) is 0. The van der Waals surface area contributed by atoms with Crippen LogP contribution < -0.4 is 15.0 Å². The number of rotatable bonds is 5. The fraction of sp³-hybridized carbons (Fsp3) is 0.333. The summed E-state index contributed by atoms with van der Waals surface area (Å²) in [7, 11) is 1.70. The van der Waals surface area contributed by atoms with E-state index in [0.717, 1.165) is 5.69 Å². The van der Waals surface area contributed by atoms with Crippen molar-refractivity contribution in [3.8, 4) is 11.5 Å². The van der Waals surface area contributed by atoms with Gasteiger partial charge in [0.25, 0.3) is 11.5 Å². The second-order valence-electron chi connectivity index (χ2n) is 5.99. The summed E-state index contributed by atoms with van der Waals surface area (Å²) < 4.78 is 25.9. The van der Waals surface area contributed by atoms with E-state index in [9.17, 15) is 14.0 Å². The van der Waals surface area contributed by atoms with Crippen LogP contribution in [0.4, 0.5) is 4.39 Å². The van der Waals surface area contributed by atoms with Gasteiger partial charge in [-0.25, -0.2) is 4.39 Å². The second kappa shape index (κ2) is 6.96. The van der Waals surface area contributed by atoms with Gasteiger partial charge in [-0.1, -0.05) is 12.1 Å². The normalized spacial score (nSPS) is 14.1. The van der Waals surface area contributed by atoms with Gasteiger partial charge in [-0.2, -0.15) is 0 Å². The number of likely N-dealkylation sites (tertiary alicyclic amines) is 1. The van der Waals surface area contributed by atoms with Crippen LogP contribution in [0.25, 0.3) is 0 Å². The smallest absolute Gasteiger partial charge is 0.260 e. The first-order valence-corrected chi connectivity index (χ1v) is 7.93. The molecule has 1 fully saturated rings. The first kappa shape index (κ1) is 17.0. The Bertz CT molecular complexity index is 843. The molecule has 0 unspecified atom stereocenters. The maximum Gasteiger partial charge on any atom is 0.260 e. The Kier molecular flexibility index (Phi) is 4.74. The molecular weight excluding hydrogens is 327 g/mol. The molecule has 132 valence electrons. The predicted molar refractivity (Wildman–Crippen MR) is 89.3 cm³/mol. The molecule has 1 amide bonds. The highest BCUT2D eigenvalue weighted by Crippen LogP contribution is 2.19. The number of carbonyl (C=O) groups is 1. The van der Waals surface area contributed by atoms with Gasteiger partial charge in [0.2, 0.25) is 0 Å². The summed E-state index contributed by atoms with van der Waals surface area (Å²) in [6.45, 7) is 2.42. The van der Waals surface area contributed by atoms with Crippen LogP contribution in [0.2, 0.25) is 0 Å². The van der Waals surface area contributed by atoms with Gasteiger partial charge in [0, 0.05) is 18.8 Å². The molecule has 25 heavy (non-hydrogen) atoms. The summed E-state index contributed by atoms with van der Waals surface area (Å²) in [5, 5.41) is 0. The number of halogens is 1. The molecular formula is C18H19FN2O4. The van der Waals surface area contributed by atoms with Crippen LogP contribution in [0.5, 0.6) is 11.5 Å². The third kappa shape index (κ3) is 3.81. The molecule has 6 nitrogen and oxygen atoms in total. The topological polar surface area (TPSA) is 60.8 Å². The van der Waals surface area contributed by atoms with E-state index in [1.165, 1.54) is 22.8 Å². The number of pyridine rings is 1. The Labute approximate surface area is 144 Å². The standard InChI is InChI=1S/C18H19FN2O4/c1-12-7-13(8-17(22)20(12)2)25-14-9-21(10-14)18(23)11-24-16-6-4-3-5-15(16)19/h3-8,14H,9-11H2,1-2H3. The third-order valence-corrected chi connectivity index (χ3v) is 4.17. The summed E-state index contributed by atoms with van der Waals surface area (Å²) in [4.78, 5) is 25.3. The van der Waals surface area contributed by atoms with Gasteiger partial charge in [-0.05, 0) is 25.1 Å². The highest BCUT2D eigenvalue weighted by Gasteiger charge is 2.32. The van der Waals surface area contributed by atoms with E-state index < -0.39 is 5.82 Å². The highest BCUT2D eigenvalue weighted by atomic mass is 19.1. The number of hydrogen-bond acceptors (Lipinski definition) is 4. The summed E-state index contributed by atoms with van der Waals surface area (Å²) in [6, 6.07) is 9.16. The number of amides is 1. The SMILES string of the molecule is Cc1cc(OC2CN(C(=O)COc3ccccc3F)C2)cc(=O)n1C. The molecule has 1 aliphatic heterocycles. The number of aryl methyl sites for hydroxylation is 1. The van der Waals surface area contributed by atoms with Crippen molar-refractivity contribution in [1.82, 2.24) is 9.47 Å². The second-order valence-corrected chi connectivity index (χ2v) is 5.99. The third-order valence-electron chi connectivity index (χ3n) is 4.17. The lowest BCUT2D eigenvalue weighted by Gasteiger charge is -2.38. The van der Waals surface area contributed by atoms with Crippen LogP contribution in [-0.2, 0) is 11.8 Å². The minimum atomic E-state index is -0.499. The largest absolute Gasteiger partial charge is 0.486 e. The van der Waals surface area contributed by atoms with Gasteiger partial charge in [0.15, 0.2) is 18.2 Å². The molecule has 0 aliphatic carbocycles. The molecule has 7 heteroatoms. The van der Waals surface area contributed by atoms with E-state index in [-0.39, 0.29) is 29.9 Å². The van der Waals surface area contributed by atoms with Crippen molar-refractivity contribution in [2.75, 3.05) is 19.7 Å². The van der Waals surface area contributed by atoms with Crippen molar-refractivity contribution in [2.45, 2.75) is 13.0 Å². The van der Waals surface area contributed by atoms with Crippen molar-refractivity contribution in [3.63, 3.8) is 0 Å². The van der Waals surface area contributed by atoms with Gasteiger partial charge in [0.05, 0.1) is 13.1 Å². The highest BCUT2D eigenvalue weighted by molar-refractivity contribution is 5.78. The fourth-order valence-electron chi connectivity index (χ4n) is 2.51. The van der Waals surface area contributed by atoms with Crippen LogP contribution in [0.3, 0.4) is 0 Å². The average molecular weight is 346 g/mol. The number of carbonyl (C=O) groups excluding carboxylic acids is 1. The van der Waals surface area contributed by atoms with Crippen LogP contribution in [0.15, 0.2) is 41.2 Å². The minimum absolute atomic E-state index is 0.0554. The molecule has 2 aromatic rings. The van der Waals surface area contributed by atoms with Crippen LogP contribution in [-0.4, -0.2) is 41.2 Å². The maximum atomic E-state index is 13.4. The van der Waals surface area contributed by atoms with E-state index in [1.807, 2.05) is 6.92 Å². The Morgan fingerprint density at radius 2 is 2.00 bits per heavy atom. The van der Waals surface area contributed by atoms with Gasteiger partial charge in [-0.15, -0.1) is 0 Å². The van der Waals surface area contributed by atoms with E-state index >= 15 is 0 Å². The van der Waals surface area contributed by atoms with Crippen molar-refractivity contribution >= 4 is 5.91 Å². The molecule has 0 radical (unpaired) electrons. The van der Waals surface area contributed by atoms with Gasteiger partial charge < -0.3 is 18.9 Å². The van der Waals surface area contributed by atoms with Crippen LogP contribution >= 0.6 is 0 Å². The summed E-state index contributed by atoms with van der Waals surface area (Å²) in [5.41, 5.74) is 0.661. The molecule has 1 aromatic heterocycles. The van der Waals surface area contributed by atoms with Crippen LogP contribution in [0, 0.1) is 12.7 Å². The van der Waals surface area contributed by atoms with E-state index in [2.05, 4.69) is 0 Å². The van der Waals surface area contributed by atoms with Crippen molar-refractivity contribution in [2.24, 2.45) is 7.05 Å².